The third kappa shape index (κ3) is 3.46. The quantitative estimate of drug-likeness (QED) is 0.913. The summed E-state index contributed by atoms with van der Waals surface area (Å²) >= 11 is 5.69. The van der Waals surface area contributed by atoms with Crippen molar-refractivity contribution >= 4 is 11.6 Å². The first-order valence-corrected chi connectivity index (χ1v) is 6.29. The topological polar surface area (TPSA) is 29.5 Å². The van der Waals surface area contributed by atoms with E-state index in [9.17, 15) is 9.50 Å². The van der Waals surface area contributed by atoms with Crippen molar-refractivity contribution < 1.29 is 14.2 Å². The highest BCUT2D eigenvalue weighted by atomic mass is 35.5. The summed E-state index contributed by atoms with van der Waals surface area (Å²) in [5.41, 5.74) is 1.10. The van der Waals surface area contributed by atoms with E-state index >= 15 is 0 Å². The van der Waals surface area contributed by atoms with Crippen molar-refractivity contribution in [1.82, 2.24) is 0 Å². The third-order valence-electron chi connectivity index (χ3n) is 2.77. The first-order chi connectivity index (χ1) is 9.08. The summed E-state index contributed by atoms with van der Waals surface area (Å²) in [6.07, 6.45) is -0.633. The van der Waals surface area contributed by atoms with Gasteiger partial charge in [0, 0.05) is 16.1 Å². The molecule has 1 unspecified atom stereocenters. The van der Waals surface area contributed by atoms with Crippen molar-refractivity contribution in [2.24, 2.45) is 0 Å². The predicted molar refractivity (Wildman–Crippen MR) is 72.8 cm³/mol. The van der Waals surface area contributed by atoms with E-state index in [4.69, 9.17) is 16.3 Å². The van der Waals surface area contributed by atoms with Crippen LogP contribution in [0.2, 0.25) is 5.02 Å². The normalized spacial score (nSPS) is 12.2. The van der Waals surface area contributed by atoms with Gasteiger partial charge in [0.25, 0.3) is 0 Å². The minimum absolute atomic E-state index is 0.0900. The Labute approximate surface area is 116 Å². The van der Waals surface area contributed by atoms with Crippen LogP contribution < -0.4 is 4.74 Å². The van der Waals surface area contributed by atoms with E-state index in [1.165, 1.54) is 6.07 Å². The number of para-hydroxylation sites is 1. The summed E-state index contributed by atoms with van der Waals surface area (Å²) in [7, 11) is 0. The fourth-order valence-corrected chi connectivity index (χ4v) is 1.91. The molecule has 0 heterocycles. The molecule has 0 radical (unpaired) electrons. The van der Waals surface area contributed by atoms with Gasteiger partial charge in [0.05, 0.1) is 6.10 Å². The van der Waals surface area contributed by atoms with Gasteiger partial charge in [-0.2, -0.15) is 0 Å². The van der Waals surface area contributed by atoms with E-state index in [1.807, 2.05) is 6.07 Å². The molecule has 0 aliphatic heterocycles. The van der Waals surface area contributed by atoms with Crippen molar-refractivity contribution in [2.45, 2.75) is 19.6 Å². The molecular formula is C15H14ClFO2. The number of benzene rings is 2. The Balaban J connectivity index is 2.14. The molecule has 1 atom stereocenters. The van der Waals surface area contributed by atoms with E-state index in [-0.39, 0.29) is 6.61 Å². The van der Waals surface area contributed by atoms with Gasteiger partial charge >= 0.3 is 0 Å². The van der Waals surface area contributed by atoms with Crippen LogP contribution in [-0.4, -0.2) is 5.11 Å². The van der Waals surface area contributed by atoms with Gasteiger partial charge in [0.2, 0.25) is 0 Å². The zero-order valence-electron chi connectivity index (χ0n) is 10.4. The molecular weight excluding hydrogens is 267 g/mol. The van der Waals surface area contributed by atoms with Gasteiger partial charge in [-0.3, -0.25) is 0 Å². The molecule has 0 aliphatic carbocycles. The van der Waals surface area contributed by atoms with Crippen LogP contribution >= 0.6 is 11.6 Å². The van der Waals surface area contributed by atoms with Gasteiger partial charge in [0.1, 0.15) is 18.2 Å². The standard InChI is InChI=1S/C15H14ClFO2/c1-10(18)13-4-2-3-5-15(13)19-9-11-6-7-12(16)8-14(11)17/h2-8,10,18H,9H2,1H3. The molecule has 1 N–H and O–H groups in total. The van der Waals surface area contributed by atoms with Crippen molar-refractivity contribution in [3.63, 3.8) is 0 Å². The zero-order chi connectivity index (χ0) is 13.8. The Morgan fingerprint density at radius 2 is 2.00 bits per heavy atom. The highest BCUT2D eigenvalue weighted by molar-refractivity contribution is 6.30. The second-order valence-corrected chi connectivity index (χ2v) is 4.67. The van der Waals surface area contributed by atoms with Crippen LogP contribution in [0.1, 0.15) is 24.2 Å². The van der Waals surface area contributed by atoms with Crippen molar-refractivity contribution in [1.29, 1.82) is 0 Å². The predicted octanol–water partition coefficient (Wildman–Crippen LogP) is 4.11. The average Bonchev–Trinajstić information content (AvgIpc) is 2.38. The maximum absolute atomic E-state index is 13.6. The van der Waals surface area contributed by atoms with Crippen LogP contribution in [0, 0.1) is 5.82 Å². The Kier molecular flexibility index (Phi) is 4.40. The van der Waals surface area contributed by atoms with E-state index in [2.05, 4.69) is 0 Å². The molecule has 4 heteroatoms. The number of aliphatic hydroxyl groups is 1. The summed E-state index contributed by atoms with van der Waals surface area (Å²) in [5.74, 6) is 0.147. The monoisotopic (exact) mass is 280 g/mol. The van der Waals surface area contributed by atoms with Crippen LogP contribution in [0.4, 0.5) is 4.39 Å². The molecule has 0 amide bonds. The molecule has 2 nitrogen and oxygen atoms in total. The summed E-state index contributed by atoms with van der Waals surface area (Å²) < 4.78 is 19.2. The van der Waals surface area contributed by atoms with E-state index in [1.54, 1.807) is 37.3 Å². The molecule has 2 aromatic rings. The van der Waals surface area contributed by atoms with E-state index in [0.717, 1.165) is 0 Å². The maximum Gasteiger partial charge on any atom is 0.131 e. The summed E-state index contributed by atoms with van der Waals surface area (Å²) in [5, 5.41) is 9.97. The SMILES string of the molecule is CC(O)c1ccccc1OCc1ccc(Cl)cc1F. The Morgan fingerprint density at radius 1 is 1.26 bits per heavy atom. The second kappa shape index (κ2) is 6.04. The highest BCUT2D eigenvalue weighted by Crippen LogP contribution is 2.26. The Bertz CT molecular complexity index is 570. The molecule has 100 valence electrons. The summed E-state index contributed by atoms with van der Waals surface area (Å²) in [6.45, 7) is 1.75. The Hall–Kier alpha value is -1.58. The average molecular weight is 281 g/mol. The van der Waals surface area contributed by atoms with Crippen molar-refractivity contribution in [2.75, 3.05) is 0 Å². The minimum Gasteiger partial charge on any atom is -0.488 e. The molecule has 0 bridgehead atoms. The van der Waals surface area contributed by atoms with Crippen molar-refractivity contribution in [3.8, 4) is 5.75 Å². The third-order valence-corrected chi connectivity index (χ3v) is 3.00. The number of ether oxygens (including phenoxy) is 1. The number of hydrogen-bond acceptors (Lipinski definition) is 2. The van der Waals surface area contributed by atoms with E-state index in [0.29, 0.717) is 21.9 Å². The number of halogens is 2. The first-order valence-electron chi connectivity index (χ1n) is 5.91. The smallest absolute Gasteiger partial charge is 0.131 e. The lowest BCUT2D eigenvalue weighted by atomic mass is 10.1. The van der Waals surface area contributed by atoms with Crippen molar-refractivity contribution in [3.05, 3.63) is 64.4 Å². The second-order valence-electron chi connectivity index (χ2n) is 4.24. The van der Waals surface area contributed by atoms with Crippen LogP contribution in [0.3, 0.4) is 0 Å². The fourth-order valence-electron chi connectivity index (χ4n) is 1.75. The molecule has 19 heavy (non-hydrogen) atoms. The van der Waals surface area contributed by atoms with Gasteiger partial charge in [-0.15, -0.1) is 0 Å². The molecule has 0 aromatic heterocycles. The van der Waals surface area contributed by atoms with Gasteiger partial charge in [-0.05, 0) is 25.1 Å². The van der Waals surface area contributed by atoms with E-state index < -0.39 is 11.9 Å². The first kappa shape index (κ1) is 13.8. The van der Waals surface area contributed by atoms with Gasteiger partial charge < -0.3 is 9.84 Å². The lowest BCUT2D eigenvalue weighted by Crippen LogP contribution is -2.02. The highest BCUT2D eigenvalue weighted by Gasteiger charge is 2.09. The summed E-state index contributed by atoms with van der Waals surface area (Å²) in [6, 6.07) is 11.6. The largest absolute Gasteiger partial charge is 0.488 e. The molecule has 0 saturated heterocycles. The number of rotatable bonds is 4. The van der Waals surface area contributed by atoms with Crippen LogP contribution in [0.5, 0.6) is 5.75 Å². The van der Waals surface area contributed by atoms with Crippen LogP contribution in [0.25, 0.3) is 0 Å². The molecule has 0 aliphatic rings. The van der Waals surface area contributed by atoms with Gasteiger partial charge in [0.15, 0.2) is 0 Å². The minimum atomic E-state index is -0.633. The summed E-state index contributed by atoms with van der Waals surface area (Å²) in [4.78, 5) is 0. The molecule has 0 fully saturated rings. The van der Waals surface area contributed by atoms with Gasteiger partial charge in [-0.1, -0.05) is 35.9 Å². The maximum atomic E-state index is 13.6. The number of hydrogen-bond donors (Lipinski definition) is 1. The lowest BCUT2D eigenvalue weighted by Gasteiger charge is -2.13. The van der Waals surface area contributed by atoms with Gasteiger partial charge in [-0.25, -0.2) is 4.39 Å². The zero-order valence-corrected chi connectivity index (χ0v) is 11.2. The lowest BCUT2D eigenvalue weighted by molar-refractivity contribution is 0.190. The molecule has 2 aromatic carbocycles. The molecule has 0 spiro atoms. The fraction of sp³-hybridized carbons (Fsp3) is 0.200. The Morgan fingerprint density at radius 3 is 2.68 bits per heavy atom. The number of aliphatic hydroxyl groups excluding tert-OH is 1. The molecule has 2 rings (SSSR count). The van der Waals surface area contributed by atoms with Crippen LogP contribution in [0.15, 0.2) is 42.5 Å². The van der Waals surface area contributed by atoms with Crippen LogP contribution in [-0.2, 0) is 6.61 Å². The molecule has 0 saturated carbocycles.